The molecule has 0 N–H and O–H groups in total. The normalized spacial score (nSPS) is 11.9. The second-order valence-electron chi connectivity index (χ2n) is 2.33. The summed E-state index contributed by atoms with van der Waals surface area (Å²) in [5.41, 5.74) is 0. The van der Waals surface area contributed by atoms with Gasteiger partial charge in [-0.15, -0.1) is 0 Å². The van der Waals surface area contributed by atoms with Crippen molar-refractivity contribution in [1.29, 1.82) is 0 Å². The van der Waals surface area contributed by atoms with Crippen LogP contribution >= 0.6 is 15.9 Å². The summed E-state index contributed by atoms with van der Waals surface area (Å²) in [6.07, 6.45) is -0.352. The molecule has 1 atom stereocenters. The van der Waals surface area contributed by atoms with Crippen LogP contribution in [-0.2, 0) is 19.1 Å². The van der Waals surface area contributed by atoms with Crippen LogP contribution in [0, 0.1) is 0 Å². The molecular formula is C8H13BrO4. The van der Waals surface area contributed by atoms with Gasteiger partial charge in [0.2, 0.25) is 0 Å². The monoisotopic (exact) mass is 252 g/mol. The van der Waals surface area contributed by atoms with E-state index in [1.165, 1.54) is 6.92 Å². The Kier molecular flexibility index (Phi) is 6.58. The lowest BCUT2D eigenvalue weighted by molar-refractivity contribution is -0.166. The molecule has 0 amide bonds. The maximum absolute atomic E-state index is 11.1. The van der Waals surface area contributed by atoms with Gasteiger partial charge in [-0.1, -0.05) is 15.9 Å². The smallest absolute Gasteiger partial charge is 0.347 e. The largest absolute Gasteiger partial charge is 0.463 e. The summed E-state index contributed by atoms with van der Waals surface area (Å²) in [4.78, 5) is 21.7. The van der Waals surface area contributed by atoms with Gasteiger partial charge >= 0.3 is 11.9 Å². The quantitative estimate of drug-likeness (QED) is 0.546. The van der Waals surface area contributed by atoms with E-state index in [4.69, 9.17) is 9.47 Å². The zero-order valence-corrected chi connectivity index (χ0v) is 9.30. The zero-order chi connectivity index (χ0) is 10.3. The highest BCUT2D eigenvalue weighted by Crippen LogP contribution is 2.04. The lowest BCUT2D eigenvalue weighted by atomic mass is 10.3. The van der Waals surface area contributed by atoms with Gasteiger partial charge in [-0.05, 0) is 6.92 Å². The molecule has 0 aliphatic rings. The van der Waals surface area contributed by atoms with E-state index in [2.05, 4.69) is 15.9 Å². The molecular weight excluding hydrogens is 240 g/mol. The van der Waals surface area contributed by atoms with Crippen molar-refractivity contribution < 1.29 is 19.1 Å². The molecule has 0 heterocycles. The third-order valence-corrected chi connectivity index (χ3v) is 1.69. The third kappa shape index (κ3) is 5.63. The van der Waals surface area contributed by atoms with E-state index >= 15 is 0 Å². The second kappa shape index (κ2) is 6.88. The summed E-state index contributed by atoms with van der Waals surface area (Å²) in [7, 11) is 0. The fourth-order valence-corrected chi connectivity index (χ4v) is 1.18. The van der Waals surface area contributed by atoms with Gasteiger partial charge in [0.05, 0.1) is 6.61 Å². The minimum Gasteiger partial charge on any atom is -0.463 e. The van der Waals surface area contributed by atoms with Crippen LogP contribution in [0.15, 0.2) is 0 Å². The maximum atomic E-state index is 11.1. The SMILES string of the molecule is CCOC(=O)[C@H](CCBr)OC(C)=O. The van der Waals surface area contributed by atoms with Crippen LogP contribution < -0.4 is 0 Å². The van der Waals surface area contributed by atoms with Crippen LogP contribution in [-0.4, -0.2) is 30.0 Å². The van der Waals surface area contributed by atoms with Crippen molar-refractivity contribution in [3.05, 3.63) is 0 Å². The van der Waals surface area contributed by atoms with Crippen molar-refractivity contribution in [2.75, 3.05) is 11.9 Å². The van der Waals surface area contributed by atoms with Crippen LogP contribution in [0.4, 0.5) is 0 Å². The predicted octanol–water partition coefficient (Wildman–Crippen LogP) is 1.27. The van der Waals surface area contributed by atoms with E-state index in [1.807, 2.05) is 0 Å². The van der Waals surface area contributed by atoms with Gasteiger partial charge in [0.15, 0.2) is 6.10 Å². The van der Waals surface area contributed by atoms with Crippen molar-refractivity contribution in [2.45, 2.75) is 26.4 Å². The molecule has 76 valence electrons. The van der Waals surface area contributed by atoms with Gasteiger partial charge in [-0.25, -0.2) is 4.79 Å². The molecule has 0 saturated heterocycles. The second-order valence-corrected chi connectivity index (χ2v) is 3.12. The first-order valence-electron chi connectivity index (χ1n) is 4.01. The Labute approximate surface area is 85.7 Å². The van der Waals surface area contributed by atoms with Crippen LogP contribution in [0.1, 0.15) is 20.3 Å². The summed E-state index contributed by atoms with van der Waals surface area (Å²) in [5, 5.41) is 0.587. The van der Waals surface area contributed by atoms with Gasteiger partial charge in [-0.2, -0.15) is 0 Å². The standard InChI is InChI=1S/C8H13BrO4/c1-3-12-8(11)7(4-5-9)13-6(2)10/h7H,3-5H2,1-2H3/t7-/m0/s1. The number of hydrogen-bond acceptors (Lipinski definition) is 4. The van der Waals surface area contributed by atoms with Crippen molar-refractivity contribution in [2.24, 2.45) is 0 Å². The molecule has 13 heavy (non-hydrogen) atoms. The Balaban J connectivity index is 4.06. The maximum Gasteiger partial charge on any atom is 0.347 e. The Morgan fingerprint density at radius 1 is 1.46 bits per heavy atom. The van der Waals surface area contributed by atoms with Crippen molar-refractivity contribution >= 4 is 27.9 Å². The average Bonchev–Trinajstić information content (AvgIpc) is 2.03. The first-order chi connectivity index (χ1) is 6.11. The van der Waals surface area contributed by atoms with E-state index < -0.39 is 18.0 Å². The molecule has 0 fully saturated rings. The number of rotatable bonds is 5. The van der Waals surface area contributed by atoms with Gasteiger partial charge in [0.1, 0.15) is 0 Å². The molecule has 0 aromatic rings. The number of halogens is 1. The van der Waals surface area contributed by atoms with Crippen LogP contribution in [0.3, 0.4) is 0 Å². The molecule has 0 unspecified atom stereocenters. The summed E-state index contributed by atoms with van der Waals surface area (Å²) in [6, 6.07) is 0. The highest BCUT2D eigenvalue weighted by molar-refractivity contribution is 9.09. The number of alkyl halides is 1. The van der Waals surface area contributed by atoms with E-state index in [9.17, 15) is 9.59 Å². The van der Waals surface area contributed by atoms with Gasteiger partial charge in [-0.3, -0.25) is 4.79 Å². The summed E-state index contributed by atoms with van der Waals surface area (Å²) in [6.45, 7) is 3.26. The Morgan fingerprint density at radius 2 is 2.08 bits per heavy atom. The molecule has 0 aromatic heterocycles. The van der Waals surface area contributed by atoms with Gasteiger partial charge in [0, 0.05) is 18.7 Å². The molecule has 0 aliphatic carbocycles. The molecule has 0 saturated carbocycles. The molecule has 5 heteroatoms. The summed E-state index contributed by atoms with van der Waals surface area (Å²) < 4.78 is 9.48. The first kappa shape index (κ1) is 12.4. The lowest BCUT2D eigenvalue weighted by Crippen LogP contribution is -2.28. The zero-order valence-electron chi connectivity index (χ0n) is 7.71. The van der Waals surface area contributed by atoms with Crippen molar-refractivity contribution in [3.63, 3.8) is 0 Å². The van der Waals surface area contributed by atoms with Gasteiger partial charge < -0.3 is 9.47 Å². The van der Waals surface area contributed by atoms with Crippen LogP contribution in [0.25, 0.3) is 0 Å². The predicted molar refractivity (Wildman–Crippen MR) is 50.6 cm³/mol. The van der Waals surface area contributed by atoms with Crippen molar-refractivity contribution in [3.8, 4) is 0 Å². The minimum absolute atomic E-state index is 0.291. The van der Waals surface area contributed by atoms with Crippen LogP contribution in [0.5, 0.6) is 0 Å². The van der Waals surface area contributed by atoms with Gasteiger partial charge in [0.25, 0.3) is 0 Å². The summed E-state index contributed by atoms with van der Waals surface area (Å²) in [5.74, 6) is -0.962. The molecule has 0 bridgehead atoms. The Hall–Kier alpha value is -0.580. The molecule has 0 aromatic carbocycles. The molecule has 0 radical (unpaired) electrons. The average molecular weight is 253 g/mol. The molecule has 0 aliphatic heterocycles. The number of hydrogen-bond donors (Lipinski definition) is 0. The van der Waals surface area contributed by atoms with Crippen molar-refractivity contribution in [1.82, 2.24) is 0 Å². The Bertz CT molecular complexity index is 181. The highest BCUT2D eigenvalue weighted by atomic mass is 79.9. The molecule has 4 nitrogen and oxygen atoms in total. The number of ether oxygens (including phenoxy) is 2. The Morgan fingerprint density at radius 3 is 2.46 bits per heavy atom. The fraction of sp³-hybridized carbons (Fsp3) is 0.750. The lowest BCUT2D eigenvalue weighted by Gasteiger charge is -2.13. The van der Waals surface area contributed by atoms with E-state index in [0.29, 0.717) is 18.4 Å². The van der Waals surface area contributed by atoms with E-state index in [0.717, 1.165) is 0 Å². The number of carbonyl (C=O) groups is 2. The third-order valence-electron chi connectivity index (χ3n) is 1.23. The number of esters is 2. The fourth-order valence-electron chi connectivity index (χ4n) is 0.760. The minimum atomic E-state index is -0.781. The van der Waals surface area contributed by atoms with Crippen LogP contribution in [0.2, 0.25) is 0 Å². The topological polar surface area (TPSA) is 52.6 Å². The molecule has 0 rings (SSSR count). The summed E-state index contributed by atoms with van der Waals surface area (Å²) >= 11 is 3.16. The number of carbonyl (C=O) groups excluding carboxylic acids is 2. The first-order valence-corrected chi connectivity index (χ1v) is 5.13. The molecule has 0 spiro atoms. The highest BCUT2D eigenvalue weighted by Gasteiger charge is 2.21. The van der Waals surface area contributed by atoms with E-state index in [-0.39, 0.29) is 0 Å². The van der Waals surface area contributed by atoms with E-state index in [1.54, 1.807) is 6.92 Å².